The predicted molar refractivity (Wildman–Crippen MR) is 42.9 cm³/mol. The van der Waals surface area contributed by atoms with Crippen molar-refractivity contribution in [2.45, 2.75) is 19.4 Å². The zero-order chi connectivity index (χ0) is 7.78. The molecule has 67 valence electrons. The molecule has 0 bridgehead atoms. The Kier molecular flexibility index (Phi) is 3.86. The molecule has 1 rings (SSSR count). The number of aliphatic hydroxyl groups is 1. The van der Waals surface area contributed by atoms with Crippen LogP contribution in [0, 0.1) is 5.92 Å². The SMILES string of the molecule is CC1C=C(Cl)C=CC1(C)O.[Cu]. The summed E-state index contributed by atoms with van der Waals surface area (Å²) in [5, 5.41) is 10.3. The predicted octanol–water partition coefficient (Wildman–Crippen LogP) is 2.06. The van der Waals surface area contributed by atoms with Crippen LogP contribution in [0.5, 0.6) is 0 Å². The van der Waals surface area contributed by atoms with E-state index in [9.17, 15) is 5.11 Å². The molecule has 1 nitrogen and oxygen atoms in total. The van der Waals surface area contributed by atoms with Crippen LogP contribution < -0.4 is 0 Å². The van der Waals surface area contributed by atoms with Gasteiger partial charge in [-0.3, -0.25) is 0 Å². The molecule has 0 aliphatic heterocycles. The van der Waals surface area contributed by atoms with Crippen LogP contribution in [0.3, 0.4) is 0 Å². The standard InChI is InChI=1S/C8H11ClO.Cu/c1-6-5-7(9)3-4-8(6,2)10;/h3-6,10H,1-2H3;. The van der Waals surface area contributed by atoms with Crippen molar-refractivity contribution in [2.75, 3.05) is 0 Å². The Morgan fingerprint density at radius 1 is 1.64 bits per heavy atom. The Morgan fingerprint density at radius 2 is 2.18 bits per heavy atom. The second kappa shape index (κ2) is 3.77. The molecular weight excluding hydrogens is 211 g/mol. The first-order valence-corrected chi connectivity index (χ1v) is 3.69. The van der Waals surface area contributed by atoms with Gasteiger partial charge in [0.1, 0.15) is 0 Å². The zero-order valence-corrected chi connectivity index (χ0v) is 8.13. The van der Waals surface area contributed by atoms with Gasteiger partial charge >= 0.3 is 0 Å². The first kappa shape index (κ1) is 11.2. The third-order valence-electron chi connectivity index (χ3n) is 1.91. The van der Waals surface area contributed by atoms with E-state index in [1.165, 1.54) is 0 Å². The van der Waals surface area contributed by atoms with Gasteiger partial charge < -0.3 is 5.11 Å². The molecule has 1 radical (unpaired) electrons. The van der Waals surface area contributed by atoms with Gasteiger partial charge in [0.2, 0.25) is 0 Å². The molecule has 1 aliphatic rings. The summed E-state index contributed by atoms with van der Waals surface area (Å²) in [4.78, 5) is 0. The van der Waals surface area contributed by atoms with Crippen LogP contribution in [0.1, 0.15) is 13.8 Å². The summed E-state index contributed by atoms with van der Waals surface area (Å²) >= 11 is 5.70. The van der Waals surface area contributed by atoms with Gasteiger partial charge in [-0.15, -0.1) is 0 Å². The normalized spacial score (nSPS) is 36.0. The molecule has 2 unspecified atom stereocenters. The summed E-state index contributed by atoms with van der Waals surface area (Å²) in [5.41, 5.74) is -0.724. The molecule has 2 atom stereocenters. The molecule has 0 aromatic carbocycles. The summed E-state index contributed by atoms with van der Waals surface area (Å²) in [7, 11) is 0. The minimum atomic E-state index is -0.724. The van der Waals surface area contributed by atoms with Gasteiger partial charge in [-0.1, -0.05) is 30.7 Å². The molecule has 0 spiro atoms. The summed E-state index contributed by atoms with van der Waals surface area (Å²) < 4.78 is 0. The second-order valence-electron chi connectivity index (χ2n) is 2.90. The molecule has 0 amide bonds. The van der Waals surface area contributed by atoms with Gasteiger partial charge in [-0.05, 0) is 13.0 Å². The molecule has 1 aliphatic carbocycles. The van der Waals surface area contributed by atoms with Gasteiger partial charge in [0, 0.05) is 28.0 Å². The Balaban J connectivity index is 0.000001000. The molecule has 0 aromatic rings. The number of rotatable bonds is 0. The minimum absolute atomic E-state index is 0. The number of allylic oxidation sites excluding steroid dienone is 2. The second-order valence-corrected chi connectivity index (χ2v) is 3.34. The van der Waals surface area contributed by atoms with Crippen LogP contribution in [-0.2, 0) is 17.1 Å². The first-order chi connectivity index (χ1) is 4.52. The molecule has 0 saturated carbocycles. The molecule has 3 heteroatoms. The van der Waals surface area contributed by atoms with Crippen LogP contribution in [0.4, 0.5) is 0 Å². The van der Waals surface area contributed by atoms with Gasteiger partial charge in [0.15, 0.2) is 0 Å². The van der Waals surface area contributed by atoms with Gasteiger partial charge in [-0.2, -0.15) is 0 Å². The number of hydrogen-bond acceptors (Lipinski definition) is 1. The van der Waals surface area contributed by atoms with Crippen molar-refractivity contribution in [1.29, 1.82) is 0 Å². The molecule has 0 fully saturated rings. The van der Waals surface area contributed by atoms with E-state index in [2.05, 4.69) is 0 Å². The van der Waals surface area contributed by atoms with E-state index in [-0.39, 0.29) is 23.0 Å². The fourth-order valence-corrected chi connectivity index (χ4v) is 1.12. The van der Waals surface area contributed by atoms with Crippen molar-refractivity contribution < 1.29 is 22.2 Å². The van der Waals surface area contributed by atoms with Gasteiger partial charge in [0.05, 0.1) is 5.60 Å². The van der Waals surface area contributed by atoms with Crippen molar-refractivity contribution in [1.82, 2.24) is 0 Å². The monoisotopic (exact) mass is 221 g/mol. The van der Waals surface area contributed by atoms with E-state index in [1.54, 1.807) is 19.1 Å². The Hall–Kier alpha value is 0.249. The van der Waals surface area contributed by atoms with Crippen LogP contribution in [0.25, 0.3) is 0 Å². The molecule has 11 heavy (non-hydrogen) atoms. The van der Waals surface area contributed by atoms with E-state index in [0.29, 0.717) is 5.03 Å². The molecular formula is C8H11ClCuO. The number of hydrogen-bond donors (Lipinski definition) is 1. The Morgan fingerprint density at radius 3 is 2.55 bits per heavy atom. The van der Waals surface area contributed by atoms with Gasteiger partial charge in [0.25, 0.3) is 0 Å². The molecule has 0 saturated heterocycles. The summed E-state index contributed by atoms with van der Waals surface area (Å²) in [6.07, 6.45) is 5.29. The smallest absolute Gasteiger partial charge is 0.0863 e. The van der Waals surface area contributed by atoms with Crippen molar-refractivity contribution in [2.24, 2.45) is 5.92 Å². The molecule has 0 aromatic heterocycles. The van der Waals surface area contributed by atoms with E-state index >= 15 is 0 Å². The van der Waals surface area contributed by atoms with Crippen LogP contribution in [0.15, 0.2) is 23.3 Å². The quantitative estimate of drug-likeness (QED) is 0.622. The maximum atomic E-state index is 9.57. The van der Waals surface area contributed by atoms with Crippen molar-refractivity contribution in [3.63, 3.8) is 0 Å². The third kappa shape index (κ3) is 2.64. The fourth-order valence-electron chi connectivity index (χ4n) is 0.863. The van der Waals surface area contributed by atoms with Crippen molar-refractivity contribution >= 4 is 11.6 Å². The maximum Gasteiger partial charge on any atom is 0.0863 e. The van der Waals surface area contributed by atoms with Crippen LogP contribution in [0.2, 0.25) is 0 Å². The summed E-state index contributed by atoms with van der Waals surface area (Å²) in [5.74, 6) is 0.102. The van der Waals surface area contributed by atoms with Gasteiger partial charge in [-0.25, -0.2) is 0 Å². The topological polar surface area (TPSA) is 20.2 Å². The Bertz CT molecular complexity index is 196. The first-order valence-electron chi connectivity index (χ1n) is 3.31. The molecule has 0 heterocycles. The Labute approximate surface area is 82.6 Å². The zero-order valence-electron chi connectivity index (χ0n) is 6.44. The third-order valence-corrected chi connectivity index (χ3v) is 2.16. The fraction of sp³-hybridized carbons (Fsp3) is 0.500. The molecule has 1 N–H and O–H groups in total. The average Bonchev–Trinajstić information content (AvgIpc) is 1.81. The van der Waals surface area contributed by atoms with E-state index in [4.69, 9.17) is 11.6 Å². The number of halogens is 1. The van der Waals surface area contributed by atoms with Crippen LogP contribution >= 0.6 is 11.6 Å². The van der Waals surface area contributed by atoms with Crippen molar-refractivity contribution in [3.05, 3.63) is 23.3 Å². The van der Waals surface area contributed by atoms with E-state index in [0.717, 1.165) is 0 Å². The van der Waals surface area contributed by atoms with Crippen LogP contribution in [-0.4, -0.2) is 10.7 Å². The summed E-state index contributed by atoms with van der Waals surface area (Å²) in [6.45, 7) is 3.71. The average molecular weight is 222 g/mol. The van der Waals surface area contributed by atoms with E-state index in [1.807, 2.05) is 13.0 Å². The summed E-state index contributed by atoms with van der Waals surface area (Å²) in [6, 6.07) is 0. The van der Waals surface area contributed by atoms with Crippen molar-refractivity contribution in [3.8, 4) is 0 Å². The minimum Gasteiger partial charge on any atom is -0.385 e. The largest absolute Gasteiger partial charge is 0.385 e. The van der Waals surface area contributed by atoms with E-state index < -0.39 is 5.60 Å². The maximum absolute atomic E-state index is 9.57.